The Morgan fingerprint density at radius 1 is 1.00 bits per heavy atom. The zero-order valence-corrected chi connectivity index (χ0v) is 9.80. The molecule has 0 bridgehead atoms. The van der Waals surface area contributed by atoms with E-state index in [4.69, 9.17) is 0 Å². The minimum absolute atomic E-state index is 0.950. The number of hydrogen-bond donors (Lipinski definition) is 0. The van der Waals surface area contributed by atoms with Crippen LogP contribution in [0.4, 0.5) is 0 Å². The van der Waals surface area contributed by atoms with Crippen molar-refractivity contribution in [3.63, 3.8) is 0 Å². The third-order valence-corrected chi connectivity index (χ3v) is 2.98. The van der Waals surface area contributed by atoms with Crippen LogP contribution < -0.4 is 0 Å². The summed E-state index contributed by atoms with van der Waals surface area (Å²) in [5.74, 6) is 0. The number of hydrogen-bond acceptors (Lipinski definition) is 1. The SMILES string of the molecule is CCc1nc2ccccn2c1-c1ccccc1. The molecule has 2 heteroatoms. The van der Waals surface area contributed by atoms with Crippen molar-refractivity contribution in [2.75, 3.05) is 0 Å². The molecular formula is C15H14N2. The first kappa shape index (κ1) is 10.1. The van der Waals surface area contributed by atoms with Crippen LogP contribution >= 0.6 is 0 Å². The summed E-state index contributed by atoms with van der Waals surface area (Å²) in [6.45, 7) is 2.15. The van der Waals surface area contributed by atoms with Crippen LogP contribution in [0.1, 0.15) is 12.6 Å². The molecule has 2 heterocycles. The van der Waals surface area contributed by atoms with Gasteiger partial charge in [-0.1, -0.05) is 43.3 Å². The minimum Gasteiger partial charge on any atom is -0.299 e. The van der Waals surface area contributed by atoms with Crippen LogP contribution in [0.15, 0.2) is 54.7 Å². The lowest BCUT2D eigenvalue weighted by Crippen LogP contribution is -1.89. The molecule has 0 unspecified atom stereocenters. The van der Waals surface area contributed by atoms with Crippen molar-refractivity contribution in [3.8, 4) is 11.3 Å². The Bertz CT molecular complexity index is 638. The third kappa shape index (κ3) is 1.62. The molecule has 0 fully saturated rings. The number of rotatable bonds is 2. The Kier molecular flexibility index (Phi) is 2.41. The zero-order chi connectivity index (χ0) is 11.7. The van der Waals surface area contributed by atoms with Crippen LogP contribution in [0.25, 0.3) is 16.9 Å². The van der Waals surface area contributed by atoms with Gasteiger partial charge >= 0.3 is 0 Å². The summed E-state index contributed by atoms with van der Waals surface area (Å²) < 4.78 is 2.16. The standard InChI is InChI=1S/C15H14N2/c1-2-13-15(12-8-4-3-5-9-12)17-11-7-6-10-14(17)16-13/h3-11H,2H2,1H3. The molecule has 0 atom stereocenters. The smallest absolute Gasteiger partial charge is 0.137 e. The van der Waals surface area contributed by atoms with Gasteiger partial charge in [-0.15, -0.1) is 0 Å². The van der Waals surface area contributed by atoms with Gasteiger partial charge in [0, 0.05) is 11.8 Å². The number of benzene rings is 1. The van der Waals surface area contributed by atoms with Crippen molar-refractivity contribution >= 4 is 5.65 Å². The van der Waals surface area contributed by atoms with Gasteiger partial charge < -0.3 is 0 Å². The Morgan fingerprint density at radius 2 is 1.76 bits per heavy atom. The number of aryl methyl sites for hydroxylation is 1. The van der Waals surface area contributed by atoms with Gasteiger partial charge in [-0.2, -0.15) is 0 Å². The molecule has 2 nitrogen and oxygen atoms in total. The van der Waals surface area contributed by atoms with E-state index in [1.807, 2.05) is 24.3 Å². The van der Waals surface area contributed by atoms with E-state index < -0.39 is 0 Å². The molecule has 0 N–H and O–H groups in total. The van der Waals surface area contributed by atoms with Crippen molar-refractivity contribution in [2.45, 2.75) is 13.3 Å². The second kappa shape index (κ2) is 4.06. The second-order valence-electron chi connectivity index (χ2n) is 4.06. The number of nitrogens with zero attached hydrogens (tertiary/aromatic N) is 2. The molecule has 0 saturated heterocycles. The van der Waals surface area contributed by atoms with E-state index in [2.05, 4.69) is 46.8 Å². The third-order valence-electron chi connectivity index (χ3n) is 2.98. The van der Waals surface area contributed by atoms with E-state index in [1.54, 1.807) is 0 Å². The Hall–Kier alpha value is -2.09. The first-order valence-electron chi connectivity index (χ1n) is 5.91. The van der Waals surface area contributed by atoms with Gasteiger partial charge in [0.2, 0.25) is 0 Å². The number of imidazole rings is 1. The van der Waals surface area contributed by atoms with E-state index >= 15 is 0 Å². The zero-order valence-electron chi connectivity index (χ0n) is 9.80. The van der Waals surface area contributed by atoms with E-state index in [1.165, 1.54) is 11.3 Å². The lowest BCUT2D eigenvalue weighted by atomic mass is 10.1. The Morgan fingerprint density at radius 3 is 2.53 bits per heavy atom. The van der Waals surface area contributed by atoms with Gasteiger partial charge in [0.15, 0.2) is 0 Å². The molecular weight excluding hydrogens is 208 g/mol. The van der Waals surface area contributed by atoms with Crippen molar-refractivity contribution < 1.29 is 0 Å². The molecule has 0 spiro atoms. The summed E-state index contributed by atoms with van der Waals surface area (Å²) >= 11 is 0. The van der Waals surface area contributed by atoms with Crippen molar-refractivity contribution in [3.05, 3.63) is 60.4 Å². The Balaban J connectivity index is 2.34. The lowest BCUT2D eigenvalue weighted by molar-refractivity contribution is 1.07. The largest absolute Gasteiger partial charge is 0.299 e. The fourth-order valence-corrected chi connectivity index (χ4v) is 2.19. The van der Waals surface area contributed by atoms with Gasteiger partial charge in [-0.25, -0.2) is 4.98 Å². The lowest BCUT2D eigenvalue weighted by Gasteiger charge is -2.03. The van der Waals surface area contributed by atoms with Crippen molar-refractivity contribution in [1.82, 2.24) is 9.38 Å². The average molecular weight is 222 g/mol. The molecule has 0 aliphatic heterocycles. The summed E-state index contributed by atoms with van der Waals surface area (Å²) in [7, 11) is 0. The molecule has 0 saturated carbocycles. The van der Waals surface area contributed by atoms with Crippen molar-refractivity contribution in [2.24, 2.45) is 0 Å². The molecule has 84 valence electrons. The molecule has 0 aliphatic rings. The second-order valence-corrected chi connectivity index (χ2v) is 4.06. The van der Waals surface area contributed by atoms with Gasteiger partial charge in [0.25, 0.3) is 0 Å². The number of fused-ring (bicyclic) bond motifs is 1. The topological polar surface area (TPSA) is 17.3 Å². The maximum absolute atomic E-state index is 4.67. The van der Waals surface area contributed by atoms with E-state index in [9.17, 15) is 0 Å². The highest BCUT2D eigenvalue weighted by Crippen LogP contribution is 2.25. The van der Waals surface area contributed by atoms with Crippen LogP contribution in [-0.4, -0.2) is 9.38 Å². The molecule has 0 radical (unpaired) electrons. The van der Waals surface area contributed by atoms with Gasteiger partial charge in [0.05, 0.1) is 11.4 Å². The first-order chi connectivity index (χ1) is 8.40. The molecule has 0 aliphatic carbocycles. The van der Waals surface area contributed by atoms with Crippen LogP contribution in [-0.2, 0) is 6.42 Å². The highest BCUT2D eigenvalue weighted by atomic mass is 15.0. The molecule has 0 amide bonds. The van der Waals surface area contributed by atoms with E-state index in [0.717, 1.165) is 17.8 Å². The van der Waals surface area contributed by atoms with Crippen LogP contribution in [0, 0.1) is 0 Å². The molecule has 1 aromatic carbocycles. The van der Waals surface area contributed by atoms with Crippen LogP contribution in [0.2, 0.25) is 0 Å². The van der Waals surface area contributed by atoms with Crippen LogP contribution in [0.5, 0.6) is 0 Å². The monoisotopic (exact) mass is 222 g/mol. The maximum Gasteiger partial charge on any atom is 0.137 e. The molecule has 2 aromatic heterocycles. The number of pyridine rings is 1. The normalized spacial score (nSPS) is 10.9. The highest BCUT2D eigenvalue weighted by Gasteiger charge is 2.11. The fraction of sp³-hybridized carbons (Fsp3) is 0.133. The predicted octanol–water partition coefficient (Wildman–Crippen LogP) is 3.56. The van der Waals surface area contributed by atoms with Crippen LogP contribution in [0.3, 0.4) is 0 Å². The van der Waals surface area contributed by atoms with Gasteiger partial charge in [0.1, 0.15) is 5.65 Å². The Labute approximate surface area is 101 Å². The maximum atomic E-state index is 4.67. The molecule has 3 rings (SSSR count). The summed E-state index contributed by atoms with van der Waals surface area (Å²) in [6.07, 6.45) is 3.02. The van der Waals surface area contributed by atoms with E-state index in [-0.39, 0.29) is 0 Å². The molecule has 3 aromatic rings. The quantitative estimate of drug-likeness (QED) is 0.648. The first-order valence-corrected chi connectivity index (χ1v) is 5.91. The predicted molar refractivity (Wildman–Crippen MR) is 70.0 cm³/mol. The minimum atomic E-state index is 0.950. The molecule has 17 heavy (non-hydrogen) atoms. The summed E-state index contributed by atoms with van der Waals surface area (Å²) in [6, 6.07) is 16.6. The van der Waals surface area contributed by atoms with Gasteiger partial charge in [-0.3, -0.25) is 4.40 Å². The highest BCUT2D eigenvalue weighted by molar-refractivity contribution is 5.67. The summed E-state index contributed by atoms with van der Waals surface area (Å²) in [5.41, 5.74) is 4.61. The van der Waals surface area contributed by atoms with E-state index in [0.29, 0.717) is 0 Å². The fourth-order valence-electron chi connectivity index (χ4n) is 2.19. The van der Waals surface area contributed by atoms with Crippen molar-refractivity contribution in [1.29, 1.82) is 0 Å². The number of aromatic nitrogens is 2. The summed E-state index contributed by atoms with van der Waals surface area (Å²) in [4.78, 5) is 4.67. The average Bonchev–Trinajstić information content (AvgIpc) is 2.78. The van der Waals surface area contributed by atoms with Gasteiger partial charge in [-0.05, 0) is 18.6 Å². The summed E-state index contributed by atoms with van der Waals surface area (Å²) in [5, 5.41) is 0.